The standard InChI is InChI=1S/C17H23N5O3S/c1-17(13-5-3-2-4-6-13)14(23)22(16(24)19-17)20-15(26)18-7-8-21-9-11-25-12-10-21/h2-6H,7-12H2,1H3,(H,19,24)(H2,18,20,26)/t17-/m0/s1. The van der Waals surface area contributed by atoms with Crippen LogP contribution in [0.4, 0.5) is 4.79 Å². The summed E-state index contributed by atoms with van der Waals surface area (Å²) in [5, 5.41) is 6.92. The molecule has 2 saturated heterocycles. The molecule has 2 aliphatic rings. The Labute approximate surface area is 157 Å². The molecule has 0 aliphatic carbocycles. The SMILES string of the molecule is C[C@@]1(c2ccccc2)NC(=O)N(NC(=S)NCCN2CCOCC2)C1=O. The minimum atomic E-state index is -1.12. The van der Waals surface area contributed by atoms with Gasteiger partial charge in [-0.2, -0.15) is 5.01 Å². The van der Waals surface area contributed by atoms with Crippen molar-refractivity contribution >= 4 is 29.3 Å². The molecule has 0 bridgehead atoms. The van der Waals surface area contributed by atoms with Gasteiger partial charge >= 0.3 is 6.03 Å². The molecule has 0 aromatic heterocycles. The van der Waals surface area contributed by atoms with Gasteiger partial charge < -0.3 is 15.4 Å². The van der Waals surface area contributed by atoms with Crippen LogP contribution in [0.2, 0.25) is 0 Å². The Balaban J connectivity index is 1.53. The van der Waals surface area contributed by atoms with Gasteiger partial charge in [0.2, 0.25) is 0 Å². The normalized spacial score (nSPS) is 23.7. The molecule has 0 saturated carbocycles. The second kappa shape index (κ2) is 7.98. The van der Waals surface area contributed by atoms with Crippen LogP contribution >= 0.6 is 12.2 Å². The van der Waals surface area contributed by atoms with E-state index >= 15 is 0 Å². The zero-order valence-electron chi connectivity index (χ0n) is 14.7. The highest BCUT2D eigenvalue weighted by molar-refractivity contribution is 7.80. The number of urea groups is 1. The van der Waals surface area contributed by atoms with Crippen LogP contribution in [0.3, 0.4) is 0 Å². The summed E-state index contributed by atoms with van der Waals surface area (Å²) >= 11 is 5.22. The Morgan fingerprint density at radius 3 is 2.65 bits per heavy atom. The zero-order valence-corrected chi connectivity index (χ0v) is 15.5. The highest BCUT2D eigenvalue weighted by Gasteiger charge is 2.49. The number of hydrogen-bond acceptors (Lipinski definition) is 5. The molecule has 26 heavy (non-hydrogen) atoms. The van der Waals surface area contributed by atoms with Crippen molar-refractivity contribution in [1.29, 1.82) is 0 Å². The molecule has 1 atom stereocenters. The molecule has 140 valence electrons. The first-order valence-corrected chi connectivity index (χ1v) is 8.98. The number of nitrogens with one attached hydrogen (secondary N) is 3. The molecule has 0 unspecified atom stereocenters. The third-order valence-corrected chi connectivity index (χ3v) is 4.81. The first-order chi connectivity index (χ1) is 12.5. The maximum atomic E-state index is 12.8. The average Bonchev–Trinajstić information content (AvgIpc) is 2.87. The van der Waals surface area contributed by atoms with Gasteiger partial charge in [0, 0.05) is 26.2 Å². The second-order valence-electron chi connectivity index (χ2n) is 6.38. The summed E-state index contributed by atoms with van der Waals surface area (Å²) in [6.45, 7) is 6.37. The molecule has 2 heterocycles. The van der Waals surface area contributed by atoms with Crippen molar-refractivity contribution < 1.29 is 14.3 Å². The molecule has 9 heteroatoms. The molecule has 0 radical (unpaired) electrons. The number of benzene rings is 1. The van der Waals surface area contributed by atoms with Crippen LogP contribution in [0.25, 0.3) is 0 Å². The quantitative estimate of drug-likeness (QED) is 0.498. The van der Waals surface area contributed by atoms with Gasteiger partial charge in [-0.05, 0) is 24.7 Å². The Morgan fingerprint density at radius 2 is 1.96 bits per heavy atom. The molecule has 1 aromatic carbocycles. The van der Waals surface area contributed by atoms with Crippen LogP contribution in [-0.2, 0) is 15.1 Å². The number of imide groups is 1. The summed E-state index contributed by atoms with van der Waals surface area (Å²) in [5.41, 5.74) is 2.29. The van der Waals surface area contributed by atoms with Gasteiger partial charge in [-0.1, -0.05) is 30.3 Å². The van der Waals surface area contributed by atoms with Gasteiger partial charge in [-0.3, -0.25) is 15.1 Å². The van der Waals surface area contributed by atoms with Gasteiger partial charge in [0.1, 0.15) is 5.54 Å². The smallest absolute Gasteiger partial charge is 0.344 e. The Bertz CT molecular complexity index is 680. The highest BCUT2D eigenvalue weighted by Crippen LogP contribution is 2.27. The minimum Gasteiger partial charge on any atom is -0.379 e. The molecule has 0 spiro atoms. The number of nitrogens with zero attached hydrogens (tertiary/aromatic N) is 2. The van der Waals surface area contributed by atoms with E-state index in [-0.39, 0.29) is 5.11 Å². The average molecular weight is 377 g/mol. The van der Waals surface area contributed by atoms with Crippen molar-refractivity contribution in [2.24, 2.45) is 0 Å². The molecule has 3 N–H and O–H groups in total. The summed E-state index contributed by atoms with van der Waals surface area (Å²) in [6.07, 6.45) is 0. The number of rotatable bonds is 5. The van der Waals surface area contributed by atoms with Crippen molar-refractivity contribution in [3.05, 3.63) is 35.9 Å². The van der Waals surface area contributed by atoms with Crippen LogP contribution < -0.4 is 16.1 Å². The molecule has 2 fully saturated rings. The fourth-order valence-corrected chi connectivity index (χ4v) is 3.19. The number of hydrogen-bond donors (Lipinski definition) is 3. The zero-order chi connectivity index (χ0) is 18.6. The van der Waals surface area contributed by atoms with Crippen molar-refractivity contribution in [3.63, 3.8) is 0 Å². The lowest BCUT2D eigenvalue weighted by Gasteiger charge is -2.27. The number of carbonyl (C=O) groups is 2. The van der Waals surface area contributed by atoms with Gasteiger partial charge in [-0.25, -0.2) is 4.79 Å². The molecular weight excluding hydrogens is 354 g/mol. The maximum Gasteiger partial charge on any atom is 0.344 e. The van der Waals surface area contributed by atoms with E-state index in [0.29, 0.717) is 12.1 Å². The van der Waals surface area contributed by atoms with Gasteiger partial charge in [0.25, 0.3) is 5.91 Å². The van der Waals surface area contributed by atoms with Crippen LogP contribution in [0.1, 0.15) is 12.5 Å². The molecule has 3 amide bonds. The molecule has 1 aromatic rings. The largest absolute Gasteiger partial charge is 0.379 e. The van der Waals surface area contributed by atoms with E-state index in [1.54, 1.807) is 19.1 Å². The predicted molar refractivity (Wildman–Crippen MR) is 100 cm³/mol. The van der Waals surface area contributed by atoms with E-state index in [4.69, 9.17) is 17.0 Å². The number of amides is 3. The van der Waals surface area contributed by atoms with E-state index in [1.165, 1.54) is 0 Å². The van der Waals surface area contributed by atoms with Crippen LogP contribution in [-0.4, -0.2) is 66.4 Å². The summed E-state index contributed by atoms with van der Waals surface area (Å²) in [6, 6.07) is 8.60. The molecule has 2 aliphatic heterocycles. The lowest BCUT2D eigenvalue weighted by molar-refractivity contribution is -0.132. The Kier molecular flexibility index (Phi) is 5.70. The second-order valence-corrected chi connectivity index (χ2v) is 6.79. The summed E-state index contributed by atoms with van der Waals surface area (Å²) in [7, 11) is 0. The number of thiocarbonyl (C=S) groups is 1. The maximum absolute atomic E-state index is 12.8. The number of hydrazine groups is 1. The Hall–Kier alpha value is -2.23. The van der Waals surface area contributed by atoms with Crippen LogP contribution in [0, 0.1) is 0 Å². The van der Waals surface area contributed by atoms with Crippen molar-refractivity contribution in [1.82, 2.24) is 26.0 Å². The molecule has 3 rings (SSSR count). The summed E-state index contributed by atoms with van der Waals surface area (Å²) in [5.74, 6) is -0.397. The summed E-state index contributed by atoms with van der Waals surface area (Å²) < 4.78 is 5.31. The van der Waals surface area contributed by atoms with Gasteiger partial charge in [0.05, 0.1) is 13.2 Å². The third kappa shape index (κ3) is 3.95. The van der Waals surface area contributed by atoms with Crippen molar-refractivity contribution in [3.8, 4) is 0 Å². The van der Waals surface area contributed by atoms with Crippen molar-refractivity contribution in [2.75, 3.05) is 39.4 Å². The number of carbonyl (C=O) groups excluding carboxylic acids is 2. The fourth-order valence-electron chi connectivity index (χ4n) is 3.00. The molecular formula is C17H23N5O3S. The first kappa shape index (κ1) is 18.6. The lowest BCUT2D eigenvalue weighted by atomic mass is 9.92. The topological polar surface area (TPSA) is 85.9 Å². The van der Waals surface area contributed by atoms with Crippen LogP contribution in [0.5, 0.6) is 0 Å². The predicted octanol–water partition coefficient (Wildman–Crippen LogP) is 0.165. The fraction of sp³-hybridized carbons (Fsp3) is 0.471. The third-order valence-electron chi connectivity index (χ3n) is 4.57. The number of morpholine rings is 1. The van der Waals surface area contributed by atoms with Gasteiger partial charge in [0.15, 0.2) is 5.11 Å². The van der Waals surface area contributed by atoms with E-state index in [1.807, 2.05) is 18.2 Å². The van der Waals surface area contributed by atoms with Gasteiger partial charge in [-0.15, -0.1) is 0 Å². The first-order valence-electron chi connectivity index (χ1n) is 8.57. The van der Waals surface area contributed by atoms with E-state index in [0.717, 1.165) is 37.9 Å². The van der Waals surface area contributed by atoms with E-state index in [9.17, 15) is 9.59 Å². The Morgan fingerprint density at radius 1 is 1.27 bits per heavy atom. The number of ether oxygens (including phenoxy) is 1. The molecule has 8 nitrogen and oxygen atoms in total. The highest BCUT2D eigenvalue weighted by atomic mass is 32.1. The lowest BCUT2D eigenvalue weighted by Crippen LogP contribution is -2.52. The monoisotopic (exact) mass is 377 g/mol. The minimum absolute atomic E-state index is 0.235. The van der Waals surface area contributed by atoms with Crippen LogP contribution in [0.15, 0.2) is 30.3 Å². The van der Waals surface area contributed by atoms with E-state index < -0.39 is 17.5 Å². The van der Waals surface area contributed by atoms with Crippen molar-refractivity contribution in [2.45, 2.75) is 12.5 Å². The summed E-state index contributed by atoms with van der Waals surface area (Å²) in [4.78, 5) is 27.3. The van der Waals surface area contributed by atoms with E-state index in [2.05, 4.69) is 21.0 Å².